The largest absolute Gasteiger partial charge is 0.327 e. The molecule has 0 radical (unpaired) electrons. The number of benzene rings is 1. The van der Waals surface area contributed by atoms with E-state index in [4.69, 9.17) is 17.3 Å². The minimum Gasteiger partial charge on any atom is -0.327 e. The second-order valence-electron chi connectivity index (χ2n) is 3.88. The molecule has 0 fully saturated rings. The van der Waals surface area contributed by atoms with Crippen molar-refractivity contribution in [1.29, 1.82) is 0 Å². The average Bonchev–Trinajstić information content (AvgIpc) is 2.70. The van der Waals surface area contributed by atoms with Crippen LogP contribution >= 0.6 is 22.9 Å². The molecule has 1 aromatic carbocycles. The number of nitrogens with two attached hydrogens (primary N) is 1. The average molecular weight is 252 g/mol. The Balaban J connectivity index is 1.94. The topological polar surface area (TPSA) is 26.0 Å². The minimum absolute atomic E-state index is 0.164. The van der Waals surface area contributed by atoms with Crippen molar-refractivity contribution in [3.8, 4) is 0 Å². The van der Waals surface area contributed by atoms with E-state index >= 15 is 0 Å². The van der Waals surface area contributed by atoms with E-state index in [1.54, 1.807) is 11.3 Å². The third kappa shape index (κ3) is 3.34. The molecule has 1 heterocycles. The van der Waals surface area contributed by atoms with Gasteiger partial charge in [-0.25, -0.2) is 0 Å². The third-order valence-electron chi connectivity index (χ3n) is 2.43. The predicted octanol–water partition coefficient (Wildman–Crippen LogP) is 3.51. The summed E-state index contributed by atoms with van der Waals surface area (Å²) in [5, 5.41) is 2.86. The molecule has 2 rings (SSSR count). The molecule has 1 unspecified atom stereocenters. The number of rotatable bonds is 4. The zero-order chi connectivity index (χ0) is 11.4. The van der Waals surface area contributed by atoms with Crippen molar-refractivity contribution in [2.24, 2.45) is 5.73 Å². The molecule has 0 saturated heterocycles. The smallest absolute Gasteiger partial charge is 0.0408 e. The van der Waals surface area contributed by atoms with Crippen LogP contribution in [-0.2, 0) is 12.8 Å². The summed E-state index contributed by atoms with van der Waals surface area (Å²) in [7, 11) is 0. The first kappa shape index (κ1) is 11.6. The van der Waals surface area contributed by atoms with Gasteiger partial charge in [0.2, 0.25) is 0 Å². The molecule has 0 aliphatic carbocycles. The van der Waals surface area contributed by atoms with Gasteiger partial charge in [-0.2, -0.15) is 0 Å². The van der Waals surface area contributed by atoms with E-state index in [-0.39, 0.29) is 6.04 Å². The summed E-state index contributed by atoms with van der Waals surface area (Å²) in [6.45, 7) is 0. The van der Waals surface area contributed by atoms with Crippen LogP contribution in [0.2, 0.25) is 5.02 Å². The van der Waals surface area contributed by atoms with Crippen LogP contribution in [-0.4, -0.2) is 6.04 Å². The number of thiophene rings is 1. The Labute approximate surface area is 105 Å². The summed E-state index contributed by atoms with van der Waals surface area (Å²) in [5.41, 5.74) is 7.32. The van der Waals surface area contributed by atoms with E-state index in [2.05, 4.69) is 23.6 Å². The van der Waals surface area contributed by atoms with Crippen molar-refractivity contribution >= 4 is 22.9 Å². The maximum Gasteiger partial charge on any atom is 0.0408 e. The fourth-order valence-electron chi connectivity index (χ4n) is 1.73. The molecule has 0 aliphatic heterocycles. The van der Waals surface area contributed by atoms with Gasteiger partial charge < -0.3 is 5.73 Å². The number of hydrogen-bond acceptors (Lipinski definition) is 2. The first-order chi connectivity index (χ1) is 7.74. The highest BCUT2D eigenvalue weighted by Gasteiger charge is 2.06. The molecule has 3 heteroatoms. The molecular formula is C13H14ClNS. The van der Waals surface area contributed by atoms with E-state index in [0.717, 1.165) is 17.9 Å². The Morgan fingerprint density at radius 1 is 1.19 bits per heavy atom. The van der Waals surface area contributed by atoms with Crippen molar-refractivity contribution < 1.29 is 0 Å². The Hall–Kier alpha value is -0.830. The molecule has 84 valence electrons. The summed E-state index contributed by atoms with van der Waals surface area (Å²) in [4.78, 5) is 1.34. The lowest BCUT2D eigenvalue weighted by Gasteiger charge is -2.10. The van der Waals surface area contributed by atoms with Crippen molar-refractivity contribution in [3.63, 3.8) is 0 Å². The van der Waals surface area contributed by atoms with Gasteiger partial charge in [-0.05, 0) is 42.0 Å². The molecule has 1 atom stereocenters. The first-order valence-corrected chi connectivity index (χ1v) is 6.52. The number of halogens is 1. The lowest BCUT2D eigenvalue weighted by Crippen LogP contribution is -2.25. The Morgan fingerprint density at radius 3 is 2.75 bits per heavy atom. The van der Waals surface area contributed by atoms with Crippen LogP contribution in [0.15, 0.2) is 41.8 Å². The van der Waals surface area contributed by atoms with Crippen LogP contribution in [0.4, 0.5) is 0 Å². The highest BCUT2D eigenvalue weighted by molar-refractivity contribution is 7.09. The van der Waals surface area contributed by atoms with E-state index in [0.29, 0.717) is 0 Å². The Bertz CT molecular complexity index is 439. The summed E-state index contributed by atoms with van der Waals surface area (Å²) < 4.78 is 0. The first-order valence-electron chi connectivity index (χ1n) is 5.26. The SMILES string of the molecule is NC(Cc1cccc(Cl)c1)Cc1cccs1. The fraction of sp³-hybridized carbons (Fsp3) is 0.231. The van der Waals surface area contributed by atoms with Gasteiger partial charge in [0.1, 0.15) is 0 Å². The zero-order valence-electron chi connectivity index (χ0n) is 8.90. The van der Waals surface area contributed by atoms with Gasteiger partial charge in [0.05, 0.1) is 0 Å². The predicted molar refractivity (Wildman–Crippen MR) is 71.2 cm³/mol. The van der Waals surface area contributed by atoms with Gasteiger partial charge in [0.15, 0.2) is 0 Å². The van der Waals surface area contributed by atoms with Gasteiger partial charge in [-0.1, -0.05) is 29.8 Å². The van der Waals surface area contributed by atoms with Crippen LogP contribution in [0.3, 0.4) is 0 Å². The summed E-state index contributed by atoms with van der Waals surface area (Å²) in [5.74, 6) is 0. The molecule has 1 aromatic heterocycles. The summed E-state index contributed by atoms with van der Waals surface area (Å²) in [6, 6.07) is 12.3. The van der Waals surface area contributed by atoms with Gasteiger partial charge >= 0.3 is 0 Å². The van der Waals surface area contributed by atoms with Crippen LogP contribution in [0.1, 0.15) is 10.4 Å². The highest BCUT2D eigenvalue weighted by atomic mass is 35.5. The molecule has 0 saturated carbocycles. The molecule has 0 amide bonds. The zero-order valence-corrected chi connectivity index (χ0v) is 10.5. The molecule has 16 heavy (non-hydrogen) atoms. The maximum atomic E-state index is 6.11. The molecule has 0 aliphatic rings. The normalized spacial score (nSPS) is 12.6. The molecule has 2 N–H and O–H groups in total. The van der Waals surface area contributed by atoms with Crippen LogP contribution in [0.5, 0.6) is 0 Å². The molecular weight excluding hydrogens is 238 g/mol. The van der Waals surface area contributed by atoms with E-state index in [1.165, 1.54) is 10.4 Å². The van der Waals surface area contributed by atoms with Crippen molar-refractivity contribution in [2.45, 2.75) is 18.9 Å². The lowest BCUT2D eigenvalue weighted by molar-refractivity contribution is 0.671. The van der Waals surface area contributed by atoms with Gasteiger partial charge in [-0.15, -0.1) is 11.3 Å². The lowest BCUT2D eigenvalue weighted by atomic mass is 10.0. The van der Waals surface area contributed by atoms with Crippen LogP contribution < -0.4 is 5.73 Å². The summed E-state index contributed by atoms with van der Waals surface area (Å²) >= 11 is 7.69. The monoisotopic (exact) mass is 251 g/mol. The fourth-order valence-corrected chi connectivity index (χ4v) is 2.74. The van der Waals surface area contributed by atoms with Gasteiger partial charge in [-0.3, -0.25) is 0 Å². The second kappa shape index (κ2) is 5.48. The molecule has 0 spiro atoms. The van der Waals surface area contributed by atoms with Gasteiger partial charge in [0, 0.05) is 15.9 Å². The minimum atomic E-state index is 0.164. The Morgan fingerprint density at radius 2 is 2.06 bits per heavy atom. The van der Waals surface area contributed by atoms with Crippen LogP contribution in [0, 0.1) is 0 Å². The van der Waals surface area contributed by atoms with Gasteiger partial charge in [0.25, 0.3) is 0 Å². The van der Waals surface area contributed by atoms with Crippen molar-refractivity contribution in [2.75, 3.05) is 0 Å². The molecule has 1 nitrogen and oxygen atoms in total. The quantitative estimate of drug-likeness (QED) is 0.884. The third-order valence-corrected chi connectivity index (χ3v) is 3.56. The van der Waals surface area contributed by atoms with E-state index in [1.807, 2.05) is 18.2 Å². The van der Waals surface area contributed by atoms with E-state index < -0.39 is 0 Å². The second-order valence-corrected chi connectivity index (χ2v) is 5.35. The van der Waals surface area contributed by atoms with E-state index in [9.17, 15) is 0 Å². The van der Waals surface area contributed by atoms with Crippen LogP contribution in [0.25, 0.3) is 0 Å². The highest BCUT2D eigenvalue weighted by Crippen LogP contribution is 2.15. The Kier molecular flexibility index (Phi) is 3.99. The molecule has 2 aromatic rings. The van der Waals surface area contributed by atoms with Crippen molar-refractivity contribution in [1.82, 2.24) is 0 Å². The summed E-state index contributed by atoms with van der Waals surface area (Å²) in [6.07, 6.45) is 1.81. The van der Waals surface area contributed by atoms with Crippen molar-refractivity contribution in [3.05, 3.63) is 57.2 Å². The number of hydrogen-bond donors (Lipinski definition) is 1. The molecule has 0 bridgehead atoms. The standard InChI is InChI=1S/C13H14ClNS/c14-11-4-1-3-10(7-11)8-12(15)9-13-5-2-6-16-13/h1-7,12H,8-9,15H2. The maximum absolute atomic E-state index is 6.11.